The van der Waals surface area contributed by atoms with Crippen LogP contribution in [0.25, 0.3) is 0 Å². The molecular weight excluding hydrogens is 338 g/mol. The summed E-state index contributed by atoms with van der Waals surface area (Å²) < 4.78 is 32.1. The summed E-state index contributed by atoms with van der Waals surface area (Å²) in [6.07, 6.45) is 2.63. The van der Waals surface area contributed by atoms with Crippen LogP contribution in [0.5, 0.6) is 0 Å². The third kappa shape index (κ3) is 2.71. The van der Waals surface area contributed by atoms with Gasteiger partial charge in [-0.1, -0.05) is 30.3 Å². The van der Waals surface area contributed by atoms with Crippen LogP contribution in [0.2, 0.25) is 0 Å². The van der Waals surface area contributed by atoms with Crippen molar-refractivity contribution in [2.24, 2.45) is 0 Å². The first-order valence-corrected chi connectivity index (χ1v) is 10.9. The predicted molar refractivity (Wildman–Crippen MR) is 91.1 cm³/mol. The molecule has 4 nitrogen and oxygen atoms in total. The summed E-state index contributed by atoms with van der Waals surface area (Å²) in [4.78, 5) is 0. The van der Waals surface area contributed by atoms with E-state index in [1.807, 2.05) is 53.9 Å². The van der Waals surface area contributed by atoms with Gasteiger partial charge in [-0.2, -0.15) is 12.7 Å². The van der Waals surface area contributed by atoms with Crippen molar-refractivity contribution < 1.29 is 12.6 Å². The second kappa shape index (κ2) is 5.70. The zero-order valence-electron chi connectivity index (χ0n) is 12.2. The van der Waals surface area contributed by atoms with Gasteiger partial charge < -0.3 is 0 Å². The van der Waals surface area contributed by atoms with E-state index in [-0.39, 0.29) is 16.2 Å². The lowest BCUT2D eigenvalue weighted by atomic mass is 9.91. The molecule has 0 N–H and O–H groups in total. The van der Waals surface area contributed by atoms with E-state index in [4.69, 9.17) is 4.18 Å². The molecule has 1 spiro atoms. The zero-order valence-corrected chi connectivity index (χ0v) is 14.6. The molecule has 4 rings (SSSR count). The molecule has 0 amide bonds. The van der Waals surface area contributed by atoms with Crippen LogP contribution in [0.3, 0.4) is 0 Å². The molecule has 2 atom stereocenters. The van der Waals surface area contributed by atoms with Crippen molar-refractivity contribution in [3.05, 3.63) is 35.9 Å². The number of benzene rings is 1. The molecule has 0 unspecified atom stereocenters. The summed E-state index contributed by atoms with van der Waals surface area (Å²) in [7, 11) is -3.60. The standard InChI is InChI=1S/C15H19NO3S3/c17-22(18)16(11-12-4-2-1-3-5-12)13-10-15(20-8-9-21-15)7-6-14(13)19-22/h1-5,13-14H,6-11H2/t13-,14+/m0/s1. The maximum Gasteiger partial charge on any atom is 0.339 e. The summed E-state index contributed by atoms with van der Waals surface area (Å²) in [5, 5.41) is 0. The van der Waals surface area contributed by atoms with Crippen molar-refractivity contribution in [3.63, 3.8) is 0 Å². The third-order valence-corrected chi connectivity index (χ3v) is 9.70. The van der Waals surface area contributed by atoms with Crippen LogP contribution in [-0.2, 0) is 21.0 Å². The summed E-state index contributed by atoms with van der Waals surface area (Å²) in [5.41, 5.74) is 1.02. The number of nitrogens with zero attached hydrogens (tertiary/aromatic N) is 1. The molecule has 2 saturated heterocycles. The van der Waals surface area contributed by atoms with E-state index in [9.17, 15) is 8.42 Å². The minimum Gasteiger partial charge on any atom is -0.253 e. The number of fused-ring (bicyclic) bond motifs is 1. The maximum atomic E-state index is 12.4. The lowest BCUT2D eigenvalue weighted by Crippen LogP contribution is -2.44. The highest BCUT2D eigenvalue weighted by atomic mass is 32.2. The summed E-state index contributed by atoms with van der Waals surface area (Å²) in [6, 6.07) is 9.77. The smallest absolute Gasteiger partial charge is 0.253 e. The van der Waals surface area contributed by atoms with Gasteiger partial charge in [-0.05, 0) is 24.8 Å². The van der Waals surface area contributed by atoms with E-state index < -0.39 is 10.3 Å². The van der Waals surface area contributed by atoms with Gasteiger partial charge in [0.15, 0.2) is 0 Å². The SMILES string of the molecule is O=S1(=O)O[C@@H]2CCC3(C[C@@H]2N1Cc1ccccc1)SCCS3. The van der Waals surface area contributed by atoms with Crippen LogP contribution in [0.1, 0.15) is 24.8 Å². The van der Waals surface area contributed by atoms with Gasteiger partial charge in [0.25, 0.3) is 0 Å². The van der Waals surface area contributed by atoms with Gasteiger partial charge in [-0.25, -0.2) is 0 Å². The predicted octanol–water partition coefficient (Wildman–Crippen LogP) is 2.86. The highest BCUT2D eigenvalue weighted by Crippen LogP contribution is 2.55. The van der Waals surface area contributed by atoms with Crippen molar-refractivity contribution in [2.75, 3.05) is 11.5 Å². The zero-order chi connectivity index (χ0) is 15.2. The van der Waals surface area contributed by atoms with Crippen LogP contribution in [0, 0.1) is 0 Å². The van der Waals surface area contributed by atoms with Crippen molar-refractivity contribution in [1.82, 2.24) is 4.31 Å². The Morgan fingerprint density at radius 3 is 2.68 bits per heavy atom. The number of thioether (sulfide) groups is 2. The molecule has 0 aromatic heterocycles. The van der Waals surface area contributed by atoms with Gasteiger partial charge in [0, 0.05) is 18.1 Å². The van der Waals surface area contributed by atoms with Crippen molar-refractivity contribution in [1.29, 1.82) is 0 Å². The van der Waals surface area contributed by atoms with Gasteiger partial charge >= 0.3 is 10.3 Å². The Kier molecular flexibility index (Phi) is 3.97. The quantitative estimate of drug-likeness (QED) is 0.814. The Hall–Kier alpha value is -0.210. The molecule has 2 aliphatic heterocycles. The highest BCUT2D eigenvalue weighted by Gasteiger charge is 2.54. The van der Waals surface area contributed by atoms with Gasteiger partial charge in [-0.15, -0.1) is 23.5 Å². The van der Waals surface area contributed by atoms with Gasteiger partial charge in [0.1, 0.15) is 0 Å². The Morgan fingerprint density at radius 1 is 1.23 bits per heavy atom. The van der Waals surface area contributed by atoms with Crippen LogP contribution >= 0.6 is 23.5 Å². The van der Waals surface area contributed by atoms with Crippen LogP contribution in [0.15, 0.2) is 30.3 Å². The Bertz CT molecular complexity index is 643. The maximum absolute atomic E-state index is 12.4. The van der Waals surface area contributed by atoms with E-state index in [0.29, 0.717) is 6.54 Å². The molecule has 3 fully saturated rings. The largest absolute Gasteiger partial charge is 0.339 e. The molecular formula is C15H19NO3S3. The summed E-state index contributed by atoms with van der Waals surface area (Å²) in [5.74, 6) is 2.35. The van der Waals surface area contributed by atoms with E-state index >= 15 is 0 Å². The van der Waals surface area contributed by atoms with Crippen LogP contribution < -0.4 is 0 Å². The first kappa shape index (κ1) is 15.3. The molecule has 1 aromatic carbocycles. The first-order chi connectivity index (χ1) is 10.6. The molecule has 2 heterocycles. The van der Waals surface area contributed by atoms with E-state index in [1.165, 1.54) is 11.5 Å². The summed E-state index contributed by atoms with van der Waals surface area (Å²) in [6.45, 7) is 0.412. The first-order valence-electron chi connectivity index (χ1n) is 7.60. The van der Waals surface area contributed by atoms with E-state index in [2.05, 4.69) is 0 Å². The molecule has 1 aromatic rings. The monoisotopic (exact) mass is 357 g/mol. The van der Waals surface area contributed by atoms with E-state index in [0.717, 1.165) is 24.8 Å². The second-order valence-corrected chi connectivity index (χ2v) is 10.8. The highest BCUT2D eigenvalue weighted by molar-refractivity contribution is 8.21. The number of rotatable bonds is 2. The van der Waals surface area contributed by atoms with Crippen LogP contribution in [-0.4, -0.2) is 40.5 Å². The second-order valence-electron chi connectivity index (χ2n) is 6.04. The van der Waals surface area contributed by atoms with Crippen molar-refractivity contribution in [2.45, 2.75) is 42.0 Å². The number of hydrogen-bond donors (Lipinski definition) is 0. The average Bonchev–Trinajstić information content (AvgIpc) is 3.05. The molecule has 0 bridgehead atoms. The van der Waals surface area contributed by atoms with Gasteiger partial charge in [0.05, 0.1) is 16.2 Å². The van der Waals surface area contributed by atoms with Gasteiger partial charge in [-0.3, -0.25) is 4.18 Å². The third-order valence-electron chi connectivity index (χ3n) is 4.66. The Morgan fingerprint density at radius 2 is 1.95 bits per heavy atom. The molecule has 120 valence electrons. The molecule has 3 aliphatic rings. The molecule has 7 heteroatoms. The van der Waals surface area contributed by atoms with Crippen molar-refractivity contribution >= 4 is 33.8 Å². The molecule has 1 saturated carbocycles. The number of hydrogen-bond acceptors (Lipinski definition) is 5. The topological polar surface area (TPSA) is 46.6 Å². The average molecular weight is 358 g/mol. The normalized spacial score (nSPS) is 33.1. The summed E-state index contributed by atoms with van der Waals surface area (Å²) >= 11 is 4.02. The lowest BCUT2D eigenvalue weighted by Gasteiger charge is -2.38. The Labute approximate surface area is 140 Å². The van der Waals surface area contributed by atoms with E-state index in [1.54, 1.807) is 4.31 Å². The van der Waals surface area contributed by atoms with Crippen molar-refractivity contribution in [3.8, 4) is 0 Å². The fraction of sp³-hybridized carbons (Fsp3) is 0.600. The fourth-order valence-electron chi connectivity index (χ4n) is 3.60. The molecule has 22 heavy (non-hydrogen) atoms. The lowest BCUT2D eigenvalue weighted by molar-refractivity contribution is 0.142. The minimum atomic E-state index is -3.60. The Balaban J connectivity index is 1.60. The molecule has 1 aliphatic carbocycles. The van der Waals surface area contributed by atoms with Gasteiger partial charge in [0.2, 0.25) is 0 Å². The minimum absolute atomic E-state index is 0.0166. The fourth-order valence-corrected chi connectivity index (χ4v) is 8.44. The molecule has 0 radical (unpaired) electrons. The van der Waals surface area contributed by atoms with Crippen LogP contribution in [0.4, 0.5) is 0 Å².